The number of carbonyl (C=O) groups is 3. The van der Waals surface area contributed by atoms with E-state index in [2.05, 4.69) is 13.8 Å². The molecule has 0 radical (unpaired) electrons. The van der Waals surface area contributed by atoms with Crippen LogP contribution in [0.15, 0.2) is 78.4 Å². The molecule has 1 amide bonds. The fourth-order valence-electron chi connectivity index (χ4n) is 4.49. The summed E-state index contributed by atoms with van der Waals surface area (Å²) in [6, 6.07) is 19.7. The smallest absolute Gasteiger partial charge is 0.338 e. The van der Waals surface area contributed by atoms with E-state index in [1.807, 2.05) is 13.0 Å². The number of carbonyl (C=O) groups excluding carboxylic acids is 3. The number of esters is 1. The molecule has 0 saturated carbocycles. The van der Waals surface area contributed by atoms with Crippen LogP contribution >= 0.6 is 0 Å². The first-order chi connectivity index (χ1) is 18.6. The molecular formula is C32H33NO6. The number of anilines is 1. The number of hydrogen-bond acceptors (Lipinski definition) is 6. The zero-order valence-electron chi connectivity index (χ0n) is 22.8. The first-order valence-corrected chi connectivity index (χ1v) is 13.0. The normalized spacial score (nSPS) is 16.7. The Morgan fingerprint density at radius 2 is 1.64 bits per heavy atom. The van der Waals surface area contributed by atoms with Crippen molar-refractivity contribution in [1.29, 1.82) is 0 Å². The number of ketones is 1. The van der Waals surface area contributed by atoms with E-state index in [1.54, 1.807) is 74.5 Å². The highest BCUT2D eigenvalue weighted by Crippen LogP contribution is 2.42. The zero-order chi connectivity index (χ0) is 28.3. The Balaban J connectivity index is 1.82. The third kappa shape index (κ3) is 5.87. The Bertz CT molecular complexity index is 1420. The number of nitrogens with zero attached hydrogens (tertiary/aromatic N) is 1. The highest BCUT2D eigenvalue weighted by Gasteiger charge is 2.47. The second kappa shape index (κ2) is 11.6. The lowest BCUT2D eigenvalue weighted by molar-refractivity contribution is -0.132. The average molecular weight is 528 g/mol. The first kappa shape index (κ1) is 27.6. The molecule has 7 heteroatoms. The highest BCUT2D eigenvalue weighted by molar-refractivity contribution is 6.51. The summed E-state index contributed by atoms with van der Waals surface area (Å²) in [5.41, 5.74) is 2.40. The number of ether oxygens (including phenoxy) is 2. The molecule has 7 nitrogen and oxygen atoms in total. The Hall–Kier alpha value is -4.39. The van der Waals surface area contributed by atoms with Crippen molar-refractivity contribution in [2.45, 2.75) is 46.8 Å². The minimum Gasteiger partial charge on any atom is -0.507 e. The van der Waals surface area contributed by atoms with Crippen LogP contribution in [0.4, 0.5) is 5.69 Å². The molecule has 4 rings (SSSR count). The number of Topliss-reactive ketones (excluding diaryl/α,β-unsaturated/α-hetero) is 1. The molecule has 202 valence electrons. The minimum absolute atomic E-state index is 0.0309. The van der Waals surface area contributed by atoms with Gasteiger partial charge in [-0.15, -0.1) is 0 Å². The summed E-state index contributed by atoms with van der Waals surface area (Å²) in [4.78, 5) is 40.8. The molecule has 0 aromatic heterocycles. The van der Waals surface area contributed by atoms with Crippen LogP contribution in [0.25, 0.3) is 5.76 Å². The number of hydrogen-bond donors (Lipinski definition) is 1. The van der Waals surface area contributed by atoms with E-state index in [0.29, 0.717) is 35.1 Å². The van der Waals surface area contributed by atoms with Gasteiger partial charge in [-0.3, -0.25) is 14.5 Å². The number of aliphatic hydroxyl groups excluding tert-OH is 1. The molecule has 3 aromatic rings. The average Bonchev–Trinajstić information content (AvgIpc) is 3.17. The van der Waals surface area contributed by atoms with E-state index in [4.69, 9.17) is 9.47 Å². The lowest BCUT2D eigenvalue weighted by atomic mass is 9.94. The summed E-state index contributed by atoms with van der Waals surface area (Å²) < 4.78 is 11.2. The van der Waals surface area contributed by atoms with Crippen molar-refractivity contribution in [2.24, 2.45) is 5.92 Å². The lowest BCUT2D eigenvalue weighted by Gasteiger charge is -2.26. The Labute approximate surface area is 228 Å². The molecule has 0 bridgehead atoms. The summed E-state index contributed by atoms with van der Waals surface area (Å²) in [5, 5.41) is 11.4. The monoisotopic (exact) mass is 527 g/mol. The minimum atomic E-state index is -0.903. The summed E-state index contributed by atoms with van der Waals surface area (Å²) in [7, 11) is 0. The van der Waals surface area contributed by atoms with Gasteiger partial charge in [-0.2, -0.15) is 0 Å². The molecule has 1 fully saturated rings. The van der Waals surface area contributed by atoms with Crippen LogP contribution in [0, 0.1) is 12.8 Å². The lowest BCUT2D eigenvalue weighted by Crippen LogP contribution is -2.29. The van der Waals surface area contributed by atoms with Crippen molar-refractivity contribution < 1.29 is 29.0 Å². The standard InChI is InChI=1S/C32H33NO6/c1-19(2)18-38-26-15-14-23(16-21(26)5)29(34)27-28(22-10-7-6-8-11-22)33(31(36)30(27)35)25-13-9-12-24(17-25)32(37)39-20(3)4/h6-17,19-20,28,34H,18H2,1-5H3/b29-27+. The summed E-state index contributed by atoms with van der Waals surface area (Å²) in [5.74, 6) is -1.38. The van der Waals surface area contributed by atoms with Gasteiger partial charge in [-0.05, 0) is 74.2 Å². The number of rotatable bonds is 8. The molecule has 1 aliphatic rings. The van der Waals surface area contributed by atoms with Crippen molar-refractivity contribution in [3.05, 3.63) is 101 Å². The van der Waals surface area contributed by atoms with Gasteiger partial charge in [0.2, 0.25) is 0 Å². The molecule has 39 heavy (non-hydrogen) atoms. The van der Waals surface area contributed by atoms with Crippen LogP contribution in [-0.2, 0) is 14.3 Å². The van der Waals surface area contributed by atoms with Crippen LogP contribution in [0.2, 0.25) is 0 Å². The van der Waals surface area contributed by atoms with Gasteiger partial charge < -0.3 is 14.6 Å². The van der Waals surface area contributed by atoms with Crippen LogP contribution in [0.3, 0.4) is 0 Å². The second-order valence-corrected chi connectivity index (χ2v) is 10.3. The van der Waals surface area contributed by atoms with Crippen LogP contribution in [0.5, 0.6) is 5.75 Å². The van der Waals surface area contributed by atoms with Crippen molar-refractivity contribution in [1.82, 2.24) is 0 Å². The Morgan fingerprint density at radius 3 is 2.28 bits per heavy atom. The predicted molar refractivity (Wildman–Crippen MR) is 150 cm³/mol. The van der Waals surface area contributed by atoms with Gasteiger partial charge in [-0.25, -0.2) is 4.79 Å². The van der Waals surface area contributed by atoms with E-state index in [0.717, 1.165) is 5.56 Å². The SMILES string of the molecule is Cc1cc(/C(O)=C2\C(=O)C(=O)N(c3cccc(C(=O)OC(C)C)c3)C2c2ccccc2)ccc1OCC(C)C. The number of aliphatic hydroxyl groups is 1. The molecule has 1 N–H and O–H groups in total. The molecule has 1 atom stereocenters. The second-order valence-electron chi connectivity index (χ2n) is 10.3. The molecule has 0 spiro atoms. The quantitative estimate of drug-likeness (QED) is 0.162. The van der Waals surface area contributed by atoms with E-state index in [9.17, 15) is 19.5 Å². The van der Waals surface area contributed by atoms with E-state index < -0.39 is 23.7 Å². The van der Waals surface area contributed by atoms with E-state index >= 15 is 0 Å². The molecule has 1 aliphatic heterocycles. The van der Waals surface area contributed by atoms with E-state index in [1.165, 1.54) is 11.0 Å². The molecular weight excluding hydrogens is 494 g/mol. The van der Waals surface area contributed by atoms with Gasteiger partial charge >= 0.3 is 5.97 Å². The number of amides is 1. The van der Waals surface area contributed by atoms with Gasteiger partial charge in [0, 0.05) is 11.3 Å². The maximum Gasteiger partial charge on any atom is 0.338 e. The fraction of sp³-hybridized carbons (Fsp3) is 0.281. The number of aryl methyl sites for hydroxylation is 1. The largest absolute Gasteiger partial charge is 0.507 e. The topological polar surface area (TPSA) is 93.1 Å². The maximum atomic E-state index is 13.5. The molecule has 0 aliphatic carbocycles. The van der Waals surface area contributed by atoms with Crippen LogP contribution < -0.4 is 9.64 Å². The third-order valence-corrected chi connectivity index (χ3v) is 6.28. The van der Waals surface area contributed by atoms with Crippen LogP contribution in [-0.4, -0.2) is 35.5 Å². The summed E-state index contributed by atoms with van der Waals surface area (Å²) in [6.07, 6.45) is -0.315. The summed E-state index contributed by atoms with van der Waals surface area (Å²) in [6.45, 7) is 10.0. The molecule has 3 aromatic carbocycles. The first-order valence-electron chi connectivity index (χ1n) is 13.0. The van der Waals surface area contributed by atoms with Gasteiger partial charge in [0.15, 0.2) is 0 Å². The Morgan fingerprint density at radius 1 is 0.923 bits per heavy atom. The highest BCUT2D eigenvalue weighted by atomic mass is 16.5. The Kier molecular flexibility index (Phi) is 8.19. The van der Waals surface area contributed by atoms with Crippen molar-refractivity contribution >= 4 is 29.1 Å². The molecule has 1 heterocycles. The van der Waals surface area contributed by atoms with Crippen LogP contribution in [0.1, 0.15) is 60.8 Å². The maximum absolute atomic E-state index is 13.5. The van der Waals surface area contributed by atoms with Gasteiger partial charge in [0.05, 0.1) is 29.9 Å². The van der Waals surface area contributed by atoms with E-state index in [-0.39, 0.29) is 23.0 Å². The van der Waals surface area contributed by atoms with Gasteiger partial charge in [0.1, 0.15) is 11.5 Å². The third-order valence-electron chi connectivity index (χ3n) is 6.28. The van der Waals surface area contributed by atoms with Crippen molar-refractivity contribution in [3.8, 4) is 5.75 Å². The van der Waals surface area contributed by atoms with Crippen molar-refractivity contribution in [3.63, 3.8) is 0 Å². The fourth-order valence-corrected chi connectivity index (χ4v) is 4.49. The van der Waals surface area contributed by atoms with Crippen molar-refractivity contribution in [2.75, 3.05) is 11.5 Å². The predicted octanol–water partition coefficient (Wildman–Crippen LogP) is 6.22. The zero-order valence-corrected chi connectivity index (χ0v) is 22.8. The molecule has 1 saturated heterocycles. The molecule has 1 unspecified atom stereocenters. The summed E-state index contributed by atoms with van der Waals surface area (Å²) >= 11 is 0. The number of benzene rings is 3. The van der Waals surface area contributed by atoms with Gasteiger partial charge in [0.25, 0.3) is 11.7 Å². The van der Waals surface area contributed by atoms with Gasteiger partial charge in [-0.1, -0.05) is 50.2 Å².